The van der Waals surface area contributed by atoms with E-state index in [0.717, 1.165) is 5.90 Å². The van der Waals surface area contributed by atoms with Crippen LogP contribution >= 0.6 is 0 Å². The predicted molar refractivity (Wildman–Crippen MR) is 75.6 cm³/mol. The van der Waals surface area contributed by atoms with Crippen LogP contribution in [0.25, 0.3) is 0 Å². The monoisotopic (exact) mass is 260 g/mol. The van der Waals surface area contributed by atoms with Crippen molar-refractivity contribution < 1.29 is 9.22 Å². The highest BCUT2D eigenvalue weighted by atomic mass is 28.2. The van der Waals surface area contributed by atoms with Gasteiger partial charge < -0.3 is 8.99 Å². The van der Waals surface area contributed by atoms with E-state index in [9.17, 15) is 4.79 Å². The maximum absolute atomic E-state index is 10.3. The maximum Gasteiger partial charge on any atom is 0.218 e. The van der Waals surface area contributed by atoms with Crippen molar-refractivity contribution in [1.29, 1.82) is 0 Å². The SMILES string of the molecule is C=[SiH]N(C)C(C)=O.C=[SiH]N=C(C)O[SiH2]C. The van der Waals surface area contributed by atoms with Gasteiger partial charge in [-0.05, 0) is 6.55 Å². The molecule has 15 heavy (non-hydrogen) atoms. The van der Waals surface area contributed by atoms with Crippen LogP contribution in [0.15, 0.2) is 4.66 Å². The van der Waals surface area contributed by atoms with E-state index in [1.165, 1.54) is 6.92 Å². The zero-order valence-corrected chi connectivity index (χ0v) is 13.7. The van der Waals surface area contributed by atoms with E-state index in [0.29, 0.717) is 0 Å². The fourth-order valence-corrected chi connectivity index (χ4v) is 1.73. The molecule has 0 fully saturated rings. The van der Waals surface area contributed by atoms with Gasteiger partial charge in [0.2, 0.25) is 15.7 Å². The molecule has 0 saturated heterocycles. The Balaban J connectivity index is 0. The number of carbonyl (C=O) groups is 1. The summed E-state index contributed by atoms with van der Waals surface area (Å²) in [5.41, 5.74) is 0. The lowest BCUT2D eigenvalue weighted by Gasteiger charge is -2.04. The van der Waals surface area contributed by atoms with Gasteiger partial charge in [0.15, 0.2) is 5.90 Å². The second kappa shape index (κ2) is 11.4. The molecular weight excluding hydrogens is 240 g/mol. The smallest absolute Gasteiger partial charge is 0.218 e. The van der Waals surface area contributed by atoms with E-state index in [4.69, 9.17) is 4.43 Å². The van der Waals surface area contributed by atoms with Crippen LogP contribution in [0.1, 0.15) is 13.8 Å². The fourth-order valence-electron chi connectivity index (χ4n) is 0.503. The zero-order valence-electron chi connectivity index (χ0n) is 9.99. The van der Waals surface area contributed by atoms with Crippen molar-refractivity contribution in [1.82, 2.24) is 4.57 Å². The van der Waals surface area contributed by atoms with Gasteiger partial charge in [0.25, 0.3) is 0 Å². The molecule has 0 aromatic rings. The first-order valence-corrected chi connectivity index (χ1v) is 9.29. The van der Waals surface area contributed by atoms with Crippen molar-refractivity contribution >= 4 is 52.5 Å². The molecule has 0 unspecified atom stereocenters. The topological polar surface area (TPSA) is 41.9 Å². The molecule has 0 radical (unpaired) electrons. The van der Waals surface area contributed by atoms with Gasteiger partial charge in [-0.2, -0.15) is 0 Å². The third-order valence-corrected chi connectivity index (χ3v) is 3.56. The molecule has 0 saturated carbocycles. The number of nitrogens with zero attached hydrogens (tertiary/aromatic N) is 2. The lowest BCUT2D eigenvalue weighted by molar-refractivity contribution is -0.123. The van der Waals surface area contributed by atoms with E-state index in [1.54, 1.807) is 11.6 Å². The summed E-state index contributed by atoms with van der Waals surface area (Å²) in [5, 5.41) is 0. The molecule has 0 N–H and O–H groups in total. The molecule has 0 heterocycles. The number of hydrogen-bond acceptors (Lipinski definition) is 3. The number of rotatable bonds is 3. The fraction of sp³-hybridized carbons (Fsp3) is 0.500. The van der Waals surface area contributed by atoms with E-state index in [1.807, 2.05) is 6.92 Å². The summed E-state index contributed by atoms with van der Waals surface area (Å²) in [4.78, 5) is 10.3. The van der Waals surface area contributed by atoms with Gasteiger partial charge in [-0.1, -0.05) is 6.17 Å². The van der Waals surface area contributed by atoms with E-state index >= 15 is 0 Å². The quantitative estimate of drug-likeness (QED) is 0.355. The molecular formula is C8H20N2O2Si3. The van der Waals surface area contributed by atoms with Crippen LogP contribution in [-0.4, -0.2) is 64.1 Å². The van der Waals surface area contributed by atoms with Crippen molar-refractivity contribution in [3.05, 3.63) is 0 Å². The van der Waals surface area contributed by atoms with Gasteiger partial charge in [-0.15, -0.1) is 6.17 Å². The maximum atomic E-state index is 10.3. The standard InChI is InChI=1S/C4H11NOSi2.C4H9NOSi/c1-4(5-7-2)6-8-3;1-4(6)5(2)7-3/h7H,2,8H2,1,3H3;7H,3H2,1-2H3. The minimum Gasteiger partial charge on any atom is -0.540 e. The molecule has 1 amide bonds. The molecule has 4 nitrogen and oxygen atoms in total. The van der Waals surface area contributed by atoms with Gasteiger partial charge in [-0.3, -0.25) is 9.45 Å². The second-order valence-corrected chi connectivity index (χ2v) is 5.21. The second-order valence-electron chi connectivity index (χ2n) is 2.58. The summed E-state index contributed by atoms with van der Waals surface area (Å²) in [6.45, 7) is 5.50. The molecule has 0 aromatic carbocycles. The van der Waals surface area contributed by atoms with Crippen LogP contribution in [0.2, 0.25) is 6.55 Å². The average Bonchev–Trinajstić information content (AvgIpc) is 2.18. The van der Waals surface area contributed by atoms with Gasteiger partial charge in [0.05, 0.1) is 0 Å². The third kappa shape index (κ3) is 13.3. The Morgan fingerprint density at radius 3 is 2.20 bits per heavy atom. The van der Waals surface area contributed by atoms with Crippen LogP contribution in [0.5, 0.6) is 0 Å². The molecule has 86 valence electrons. The number of amides is 1. The van der Waals surface area contributed by atoms with Crippen molar-refractivity contribution in [2.24, 2.45) is 4.66 Å². The first-order chi connectivity index (χ1) is 6.99. The van der Waals surface area contributed by atoms with Crippen LogP contribution in [0.4, 0.5) is 0 Å². The first-order valence-electron chi connectivity index (χ1n) is 4.63. The minimum absolute atomic E-state index is 0.0177. The highest BCUT2D eigenvalue weighted by Crippen LogP contribution is 1.74. The largest absolute Gasteiger partial charge is 0.540 e. The average molecular weight is 261 g/mol. The predicted octanol–water partition coefficient (Wildman–Crippen LogP) is -1.42. The summed E-state index contributed by atoms with van der Waals surface area (Å²) >= 11 is 0. The van der Waals surface area contributed by atoms with Crippen LogP contribution in [0, 0.1) is 0 Å². The Morgan fingerprint density at radius 2 is 2.00 bits per heavy atom. The van der Waals surface area contributed by atoms with Gasteiger partial charge in [0.1, 0.15) is 18.6 Å². The normalized spacial score (nSPS) is 10.3. The van der Waals surface area contributed by atoms with Crippen LogP contribution < -0.4 is 0 Å². The first kappa shape index (κ1) is 16.7. The van der Waals surface area contributed by atoms with Crippen molar-refractivity contribution in [2.75, 3.05) is 7.05 Å². The summed E-state index contributed by atoms with van der Waals surface area (Å²) in [6, 6.07) is 0. The molecule has 0 aliphatic carbocycles. The van der Waals surface area contributed by atoms with E-state index in [2.05, 4.69) is 23.6 Å². The molecule has 0 aliphatic rings. The van der Waals surface area contributed by atoms with Crippen LogP contribution in [-0.2, 0) is 9.22 Å². The van der Waals surface area contributed by atoms with Gasteiger partial charge in [-0.25, -0.2) is 0 Å². The highest BCUT2D eigenvalue weighted by molar-refractivity contribution is 6.41. The molecule has 0 atom stereocenters. The summed E-state index contributed by atoms with van der Waals surface area (Å²) in [7, 11) is 1.37. The Hall–Kier alpha value is -0.669. The highest BCUT2D eigenvalue weighted by Gasteiger charge is 1.90. The molecule has 0 rings (SSSR count). The Bertz CT molecular complexity index is 244. The third-order valence-electron chi connectivity index (χ3n) is 1.40. The molecule has 0 spiro atoms. The lowest BCUT2D eigenvalue weighted by atomic mass is 10.7. The summed E-state index contributed by atoms with van der Waals surface area (Å²) in [6.07, 6.45) is 7.23. The van der Waals surface area contributed by atoms with Crippen molar-refractivity contribution in [2.45, 2.75) is 20.4 Å². The molecule has 0 aromatic heterocycles. The summed E-state index contributed by atoms with van der Waals surface area (Å²) < 4.78 is 10.8. The van der Waals surface area contributed by atoms with Crippen molar-refractivity contribution in [3.63, 3.8) is 0 Å². The summed E-state index contributed by atoms with van der Waals surface area (Å²) in [5.74, 6) is 0.925. The van der Waals surface area contributed by atoms with E-state index in [-0.39, 0.29) is 34.3 Å². The van der Waals surface area contributed by atoms with Gasteiger partial charge in [0, 0.05) is 20.9 Å². The number of carbonyl (C=O) groups excluding carboxylic acids is 1. The Morgan fingerprint density at radius 1 is 1.47 bits per heavy atom. The zero-order chi connectivity index (χ0) is 12.3. The minimum atomic E-state index is -0.299. The molecule has 0 aliphatic heterocycles. The van der Waals surface area contributed by atoms with Crippen LogP contribution in [0.3, 0.4) is 0 Å². The Kier molecular flexibility index (Phi) is 12.7. The number of hydrogen-bond donors (Lipinski definition) is 0. The lowest BCUT2D eigenvalue weighted by Crippen LogP contribution is -2.22. The molecule has 0 bridgehead atoms. The Labute approximate surface area is 98.7 Å². The van der Waals surface area contributed by atoms with Gasteiger partial charge >= 0.3 is 0 Å². The van der Waals surface area contributed by atoms with E-state index < -0.39 is 0 Å². The molecule has 7 heteroatoms. The van der Waals surface area contributed by atoms with Crippen molar-refractivity contribution in [3.8, 4) is 0 Å².